The summed E-state index contributed by atoms with van der Waals surface area (Å²) in [7, 11) is 1.60. The summed E-state index contributed by atoms with van der Waals surface area (Å²) in [5, 5.41) is 12.1. The Balaban J connectivity index is 2.22. The van der Waals surface area contributed by atoms with Crippen molar-refractivity contribution in [3.05, 3.63) is 22.2 Å². The fourth-order valence-corrected chi connectivity index (χ4v) is 3.83. The molecule has 5 nitrogen and oxygen atoms in total. The highest BCUT2D eigenvalue weighted by Gasteiger charge is 2.31. The molecule has 0 aliphatic carbocycles. The van der Waals surface area contributed by atoms with Crippen LogP contribution in [0.25, 0.3) is 0 Å². The van der Waals surface area contributed by atoms with Gasteiger partial charge in [0.05, 0.1) is 23.6 Å². The fourth-order valence-electron chi connectivity index (χ4n) is 2.04. The first-order chi connectivity index (χ1) is 10.1. The van der Waals surface area contributed by atoms with Gasteiger partial charge in [-0.1, -0.05) is 6.92 Å². The van der Waals surface area contributed by atoms with Crippen LogP contribution in [0.15, 0.2) is 16.6 Å². The molecule has 0 saturated carbocycles. The third-order valence-corrected chi connectivity index (χ3v) is 4.94. The number of carboxylic acids is 1. The normalized spacial score (nSPS) is 21.3. The molecule has 2 atom stereocenters. The number of hydrogen-bond acceptors (Lipinski definition) is 5. The first-order valence-corrected chi connectivity index (χ1v) is 8.51. The Morgan fingerprint density at radius 3 is 2.90 bits per heavy atom. The summed E-state index contributed by atoms with van der Waals surface area (Å²) in [6.07, 6.45) is 0.914. The van der Waals surface area contributed by atoms with Crippen LogP contribution in [0.2, 0.25) is 0 Å². The Kier molecular flexibility index (Phi) is 5.78. The zero-order valence-electron chi connectivity index (χ0n) is 11.9. The Hall–Kier alpha value is -0.920. The third-order valence-electron chi connectivity index (χ3n) is 3.09. The van der Waals surface area contributed by atoms with Gasteiger partial charge >= 0.3 is 5.97 Å². The lowest BCUT2D eigenvalue weighted by Crippen LogP contribution is -2.33. The molecule has 0 bridgehead atoms. The number of aliphatic carboxylic acids is 1. The lowest BCUT2D eigenvalue weighted by atomic mass is 10.2. The number of halogens is 1. The first-order valence-electron chi connectivity index (χ1n) is 6.67. The minimum atomic E-state index is -0.820. The number of rotatable bonds is 6. The molecule has 1 heterocycles. The molecule has 116 valence electrons. The van der Waals surface area contributed by atoms with E-state index in [0.29, 0.717) is 23.9 Å². The molecule has 2 N–H and O–H groups in total. The highest BCUT2D eigenvalue weighted by atomic mass is 79.9. The minimum Gasteiger partial charge on any atom is -0.493 e. The quantitative estimate of drug-likeness (QED) is 0.796. The van der Waals surface area contributed by atoms with E-state index >= 15 is 0 Å². The van der Waals surface area contributed by atoms with E-state index in [-0.39, 0.29) is 5.37 Å². The monoisotopic (exact) mass is 375 g/mol. The summed E-state index contributed by atoms with van der Waals surface area (Å²) in [4.78, 5) is 11.0. The number of carboxylic acid groups (broad SMARTS) is 1. The van der Waals surface area contributed by atoms with Gasteiger partial charge in [-0.3, -0.25) is 10.1 Å². The van der Waals surface area contributed by atoms with Crippen LogP contribution in [-0.2, 0) is 4.79 Å². The Bertz CT molecular complexity index is 526. The highest BCUT2D eigenvalue weighted by molar-refractivity contribution is 9.10. The molecule has 1 aliphatic heterocycles. The van der Waals surface area contributed by atoms with Crippen molar-refractivity contribution in [3.8, 4) is 11.5 Å². The van der Waals surface area contributed by atoms with Crippen molar-refractivity contribution < 1.29 is 19.4 Å². The van der Waals surface area contributed by atoms with Crippen molar-refractivity contribution in [2.24, 2.45) is 0 Å². The smallest absolute Gasteiger partial charge is 0.321 e. The van der Waals surface area contributed by atoms with E-state index in [0.717, 1.165) is 16.5 Å². The number of benzene rings is 1. The van der Waals surface area contributed by atoms with Gasteiger partial charge < -0.3 is 14.6 Å². The average Bonchev–Trinajstić information content (AvgIpc) is 2.95. The maximum absolute atomic E-state index is 11.0. The van der Waals surface area contributed by atoms with Crippen molar-refractivity contribution in [1.29, 1.82) is 0 Å². The summed E-state index contributed by atoms with van der Waals surface area (Å²) in [5.41, 5.74) is 0.969. The molecule has 0 amide bonds. The maximum atomic E-state index is 11.0. The molecule has 1 aliphatic rings. The molecule has 2 rings (SSSR count). The van der Waals surface area contributed by atoms with Crippen molar-refractivity contribution >= 4 is 33.7 Å². The van der Waals surface area contributed by atoms with Gasteiger partial charge in [0.1, 0.15) is 6.04 Å². The molecule has 1 saturated heterocycles. The van der Waals surface area contributed by atoms with Gasteiger partial charge in [0.15, 0.2) is 11.5 Å². The second-order valence-electron chi connectivity index (χ2n) is 4.65. The van der Waals surface area contributed by atoms with E-state index in [9.17, 15) is 4.79 Å². The summed E-state index contributed by atoms with van der Waals surface area (Å²) < 4.78 is 11.9. The number of methoxy groups -OCH3 is 1. The molecular weight excluding hydrogens is 358 g/mol. The molecule has 0 aromatic heterocycles. The summed E-state index contributed by atoms with van der Waals surface area (Å²) >= 11 is 5.08. The van der Waals surface area contributed by atoms with Crippen LogP contribution in [0, 0.1) is 0 Å². The SMILES string of the molecule is CCCOc1c(Br)cc(C2NC(C(=O)O)CS2)cc1OC. The Labute approximate surface area is 136 Å². The van der Waals surface area contributed by atoms with E-state index in [1.54, 1.807) is 18.9 Å². The van der Waals surface area contributed by atoms with Crippen LogP contribution in [0.4, 0.5) is 0 Å². The van der Waals surface area contributed by atoms with Gasteiger partial charge in [-0.15, -0.1) is 11.8 Å². The molecule has 1 fully saturated rings. The molecule has 1 aromatic carbocycles. The predicted molar refractivity (Wildman–Crippen MR) is 86.2 cm³/mol. The lowest BCUT2D eigenvalue weighted by molar-refractivity contribution is -0.138. The van der Waals surface area contributed by atoms with Crippen LogP contribution < -0.4 is 14.8 Å². The van der Waals surface area contributed by atoms with Crippen molar-refractivity contribution in [2.75, 3.05) is 19.5 Å². The van der Waals surface area contributed by atoms with Crippen LogP contribution >= 0.6 is 27.7 Å². The molecule has 1 aromatic rings. The van der Waals surface area contributed by atoms with Gasteiger partial charge in [0.25, 0.3) is 0 Å². The number of carbonyl (C=O) groups is 1. The maximum Gasteiger partial charge on any atom is 0.321 e. The average molecular weight is 376 g/mol. The number of thioether (sulfide) groups is 1. The van der Waals surface area contributed by atoms with E-state index in [4.69, 9.17) is 14.6 Å². The van der Waals surface area contributed by atoms with E-state index < -0.39 is 12.0 Å². The number of nitrogens with one attached hydrogen (secondary N) is 1. The van der Waals surface area contributed by atoms with Crippen LogP contribution in [0.1, 0.15) is 24.3 Å². The van der Waals surface area contributed by atoms with Gasteiger partial charge in [0.2, 0.25) is 0 Å². The molecular formula is C14H18BrNO4S. The van der Waals surface area contributed by atoms with Crippen molar-refractivity contribution in [3.63, 3.8) is 0 Å². The highest BCUT2D eigenvalue weighted by Crippen LogP contribution is 2.42. The zero-order chi connectivity index (χ0) is 15.4. The van der Waals surface area contributed by atoms with Crippen LogP contribution in [-0.4, -0.2) is 36.6 Å². The zero-order valence-corrected chi connectivity index (χ0v) is 14.3. The van der Waals surface area contributed by atoms with Crippen LogP contribution in [0.3, 0.4) is 0 Å². The summed E-state index contributed by atoms with van der Waals surface area (Å²) in [5.74, 6) is 1.06. The van der Waals surface area contributed by atoms with Gasteiger partial charge in [-0.25, -0.2) is 0 Å². The van der Waals surface area contributed by atoms with E-state index in [1.807, 2.05) is 19.1 Å². The van der Waals surface area contributed by atoms with Crippen LogP contribution in [0.5, 0.6) is 11.5 Å². The summed E-state index contributed by atoms with van der Waals surface area (Å²) in [6, 6.07) is 3.33. The number of hydrogen-bond donors (Lipinski definition) is 2. The van der Waals surface area contributed by atoms with E-state index in [1.165, 1.54) is 0 Å². The Morgan fingerprint density at radius 1 is 1.57 bits per heavy atom. The lowest BCUT2D eigenvalue weighted by Gasteiger charge is -2.17. The van der Waals surface area contributed by atoms with Crippen molar-refractivity contribution in [2.45, 2.75) is 24.8 Å². The number of ether oxygens (including phenoxy) is 2. The first kappa shape index (κ1) is 16.5. The predicted octanol–water partition coefficient (Wildman–Crippen LogP) is 3.03. The summed E-state index contributed by atoms with van der Waals surface area (Å²) in [6.45, 7) is 2.66. The molecule has 7 heteroatoms. The second-order valence-corrected chi connectivity index (χ2v) is 6.65. The molecule has 0 radical (unpaired) electrons. The standard InChI is InChI=1S/C14H18BrNO4S/c1-3-4-20-12-9(15)5-8(6-11(12)19-2)13-16-10(7-21-13)14(17)18/h5-6,10,13,16H,3-4,7H2,1-2H3,(H,17,18). The van der Waals surface area contributed by atoms with Gasteiger partial charge in [-0.2, -0.15) is 0 Å². The molecule has 0 spiro atoms. The van der Waals surface area contributed by atoms with E-state index in [2.05, 4.69) is 21.2 Å². The second kappa shape index (κ2) is 7.38. The largest absolute Gasteiger partial charge is 0.493 e. The fraction of sp³-hybridized carbons (Fsp3) is 0.500. The van der Waals surface area contributed by atoms with Crippen molar-refractivity contribution in [1.82, 2.24) is 5.32 Å². The molecule has 2 unspecified atom stereocenters. The Morgan fingerprint density at radius 2 is 2.33 bits per heavy atom. The molecule has 21 heavy (non-hydrogen) atoms. The topological polar surface area (TPSA) is 67.8 Å². The minimum absolute atomic E-state index is 0.0588. The van der Waals surface area contributed by atoms with Gasteiger partial charge in [-0.05, 0) is 40.0 Å². The van der Waals surface area contributed by atoms with Gasteiger partial charge in [0, 0.05) is 5.75 Å². The third kappa shape index (κ3) is 3.84.